The molecule has 50 valence electrons. The standard InChI is InChI=1S/C9H14/c1-5-6-2-3-7-8(4-6)9(5)7/h5-9H,2-4H2,1H3. The van der Waals surface area contributed by atoms with Gasteiger partial charge in [0.15, 0.2) is 0 Å². The molecule has 0 aromatic carbocycles. The Morgan fingerprint density at radius 1 is 1.11 bits per heavy atom. The van der Waals surface area contributed by atoms with Crippen molar-refractivity contribution < 1.29 is 0 Å². The van der Waals surface area contributed by atoms with Gasteiger partial charge in [-0.15, -0.1) is 0 Å². The maximum absolute atomic E-state index is 2.48. The van der Waals surface area contributed by atoms with Crippen LogP contribution < -0.4 is 0 Å². The van der Waals surface area contributed by atoms with Crippen LogP contribution in [0.1, 0.15) is 26.2 Å². The van der Waals surface area contributed by atoms with Gasteiger partial charge in [-0.25, -0.2) is 0 Å². The van der Waals surface area contributed by atoms with E-state index < -0.39 is 0 Å². The van der Waals surface area contributed by atoms with E-state index in [1.807, 2.05) is 0 Å². The van der Waals surface area contributed by atoms with Crippen molar-refractivity contribution in [2.24, 2.45) is 29.6 Å². The fraction of sp³-hybridized carbons (Fsp3) is 1.00. The molecule has 5 unspecified atom stereocenters. The lowest BCUT2D eigenvalue weighted by Gasteiger charge is -2.26. The van der Waals surface area contributed by atoms with Crippen LogP contribution in [-0.2, 0) is 0 Å². The minimum Gasteiger partial charge on any atom is -0.0620 e. The lowest BCUT2D eigenvalue weighted by Crippen LogP contribution is -2.17. The van der Waals surface area contributed by atoms with E-state index in [-0.39, 0.29) is 0 Å². The number of hydrogen-bond donors (Lipinski definition) is 0. The van der Waals surface area contributed by atoms with E-state index in [2.05, 4.69) is 6.92 Å². The van der Waals surface area contributed by atoms with Crippen molar-refractivity contribution in [1.29, 1.82) is 0 Å². The number of rotatable bonds is 0. The maximum atomic E-state index is 2.48. The fourth-order valence-electron chi connectivity index (χ4n) is 3.66. The largest absolute Gasteiger partial charge is 0.0620 e. The third-order valence-electron chi connectivity index (χ3n) is 4.19. The number of fused-ring (bicyclic) bond motifs is 1. The van der Waals surface area contributed by atoms with Crippen LogP contribution in [0.15, 0.2) is 0 Å². The molecular weight excluding hydrogens is 108 g/mol. The molecule has 0 N–H and O–H groups in total. The molecule has 4 aliphatic rings. The molecule has 4 aliphatic carbocycles. The van der Waals surface area contributed by atoms with E-state index >= 15 is 0 Å². The number of hydrogen-bond acceptors (Lipinski definition) is 0. The van der Waals surface area contributed by atoms with Crippen molar-refractivity contribution in [2.45, 2.75) is 26.2 Å². The van der Waals surface area contributed by atoms with Crippen molar-refractivity contribution >= 4 is 0 Å². The molecule has 0 radical (unpaired) electrons. The van der Waals surface area contributed by atoms with Crippen molar-refractivity contribution in [3.05, 3.63) is 0 Å². The van der Waals surface area contributed by atoms with Crippen LogP contribution in [0.4, 0.5) is 0 Å². The van der Waals surface area contributed by atoms with Gasteiger partial charge in [-0.3, -0.25) is 0 Å². The Bertz CT molecular complexity index is 144. The summed E-state index contributed by atoms with van der Waals surface area (Å²) in [5.41, 5.74) is 0. The average Bonchev–Trinajstić information content (AvgIpc) is 2.52. The molecule has 4 saturated carbocycles. The van der Waals surface area contributed by atoms with Crippen LogP contribution in [0, 0.1) is 29.6 Å². The summed E-state index contributed by atoms with van der Waals surface area (Å²) >= 11 is 0. The minimum absolute atomic E-state index is 1.12. The Morgan fingerprint density at radius 2 is 2.00 bits per heavy atom. The van der Waals surface area contributed by atoms with E-state index in [4.69, 9.17) is 0 Å². The van der Waals surface area contributed by atoms with Gasteiger partial charge in [-0.2, -0.15) is 0 Å². The molecule has 0 aliphatic heterocycles. The SMILES string of the molecule is CC1C2CCC3C(C2)C13. The first-order valence-electron chi connectivity index (χ1n) is 4.38. The third kappa shape index (κ3) is 0.395. The minimum atomic E-state index is 1.12. The lowest BCUT2D eigenvalue weighted by molar-refractivity contribution is 0.238. The van der Waals surface area contributed by atoms with E-state index in [0.717, 1.165) is 11.8 Å². The van der Waals surface area contributed by atoms with Crippen LogP contribution >= 0.6 is 0 Å². The second kappa shape index (κ2) is 1.21. The van der Waals surface area contributed by atoms with Crippen LogP contribution in [0.3, 0.4) is 0 Å². The molecule has 0 saturated heterocycles. The van der Waals surface area contributed by atoms with Crippen molar-refractivity contribution in [3.8, 4) is 0 Å². The van der Waals surface area contributed by atoms with Gasteiger partial charge in [0.05, 0.1) is 0 Å². The van der Waals surface area contributed by atoms with Gasteiger partial charge in [-0.05, 0) is 48.9 Å². The first kappa shape index (κ1) is 4.76. The summed E-state index contributed by atoms with van der Waals surface area (Å²) in [5, 5.41) is 0. The highest BCUT2D eigenvalue weighted by Crippen LogP contribution is 2.69. The normalized spacial score (nSPS) is 68.3. The van der Waals surface area contributed by atoms with Crippen LogP contribution in [0.2, 0.25) is 0 Å². The van der Waals surface area contributed by atoms with Crippen LogP contribution in [0.5, 0.6) is 0 Å². The summed E-state index contributed by atoms with van der Waals surface area (Å²) in [4.78, 5) is 0. The first-order valence-corrected chi connectivity index (χ1v) is 4.38. The summed E-state index contributed by atoms with van der Waals surface area (Å²) in [5.74, 6) is 5.92. The topological polar surface area (TPSA) is 0 Å². The zero-order valence-electron chi connectivity index (χ0n) is 6.01. The van der Waals surface area contributed by atoms with Gasteiger partial charge < -0.3 is 0 Å². The molecular formula is C9H14. The molecule has 0 aromatic heterocycles. The Morgan fingerprint density at radius 3 is 2.33 bits per heavy atom. The summed E-state index contributed by atoms with van der Waals surface area (Å²) in [6.07, 6.45) is 4.76. The van der Waals surface area contributed by atoms with E-state index in [0.29, 0.717) is 0 Å². The molecule has 4 fully saturated rings. The maximum Gasteiger partial charge on any atom is -0.0323 e. The van der Waals surface area contributed by atoms with E-state index in [9.17, 15) is 0 Å². The summed E-state index contributed by atoms with van der Waals surface area (Å²) in [7, 11) is 0. The van der Waals surface area contributed by atoms with Gasteiger partial charge in [-0.1, -0.05) is 6.92 Å². The Hall–Kier alpha value is 0. The van der Waals surface area contributed by atoms with Gasteiger partial charge in [0.2, 0.25) is 0 Å². The molecule has 0 nitrogen and oxygen atoms in total. The molecule has 0 heteroatoms. The molecule has 4 rings (SSSR count). The van der Waals surface area contributed by atoms with Crippen molar-refractivity contribution in [2.75, 3.05) is 0 Å². The van der Waals surface area contributed by atoms with Gasteiger partial charge in [0, 0.05) is 0 Å². The van der Waals surface area contributed by atoms with E-state index in [1.54, 1.807) is 19.3 Å². The van der Waals surface area contributed by atoms with Gasteiger partial charge in [0.25, 0.3) is 0 Å². The molecule has 0 heterocycles. The summed E-state index contributed by atoms with van der Waals surface area (Å²) in [6.45, 7) is 2.48. The zero-order valence-corrected chi connectivity index (χ0v) is 6.01. The quantitative estimate of drug-likeness (QED) is 0.462. The first-order chi connectivity index (χ1) is 4.38. The fourth-order valence-corrected chi connectivity index (χ4v) is 3.66. The third-order valence-corrected chi connectivity index (χ3v) is 4.19. The second-order valence-corrected chi connectivity index (χ2v) is 4.34. The van der Waals surface area contributed by atoms with Gasteiger partial charge >= 0.3 is 0 Å². The van der Waals surface area contributed by atoms with Crippen molar-refractivity contribution in [1.82, 2.24) is 0 Å². The Kier molecular flexibility index (Phi) is 0.640. The Labute approximate surface area is 56.6 Å². The lowest BCUT2D eigenvalue weighted by atomic mass is 9.79. The molecule has 9 heavy (non-hydrogen) atoms. The molecule has 5 atom stereocenters. The Balaban J connectivity index is 1.98. The summed E-state index contributed by atoms with van der Waals surface area (Å²) in [6, 6.07) is 0. The van der Waals surface area contributed by atoms with E-state index in [1.165, 1.54) is 17.8 Å². The predicted molar refractivity (Wildman–Crippen MR) is 37.0 cm³/mol. The van der Waals surface area contributed by atoms with Gasteiger partial charge in [0.1, 0.15) is 0 Å². The molecule has 0 aromatic rings. The zero-order chi connectivity index (χ0) is 6.01. The van der Waals surface area contributed by atoms with Crippen molar-refractivity contribution in [3.63, 3.8) is 0 Å². The highest BCUT2D eigenvalue weighted by atomic mass is 14.7. The highest BCUT2D eigenvalue weighted by Gasteiger charge is 2.62. The molecule has 0 amide bonds. The predicted octanol–water partition coefficient (Wildman–Crippen LogP) is 2.30. The summed E-state index contributed by atoms with van der Waals surface area (Å²) < 4.78 is 0. The molecule has 0 spiro atoms. The second-order valence-electron chi connectivity index (χ2n) is 4.34. The average molecular weight is 122 g/mol. The molecule has 4 bridgehead atoms. The smallest absolute Gasteiger partial charge is 0.0323 e. The highest BCUT2D eigenvalue weighted by molar-refractivity contribution is 5.10. The van der Waals surface area contributed by atoms with Crippen LogP contribution in [0.25, 0.3) is 0 Å². The van der Waals surface area contributed by atoms with Crippen LogP contribution in [-0.4, -0.2) is 0 Å². The monoisotopic (exact) mass is 122 g/mol.